The van der Waals surface area contributed by atoms with Crippen LogP contribution in [-0.2, 0) is 14.8 Å². The number of aromatic nitrogens is 1. The Bertz CT molecular complexity index is 1450. The van der Waals surface area contributed by atoms with E-state index in [4.69, 9.17) is 9.88 Å². The molecule has 1 heterocycles. The lowest BCUT2D eigenvalue weighted by atomic mass is 10.1. The van der Waals surface area contributed by atoms with Crippen molar-refractivity contribution < 1.29 is 22.3 Å². The van der Waals surface area contributed by atoms with E-state index in [1.807, 2.05) is 0 Å². The van der Waals surface area contributed by atoms with Crippen molar-refractivity contribution in [2.24, 2.45) is 5.14 Å². The molecule has 0 amide bonds. The molecule has 0 radical (unpaired) electrons. The van der Waals surface area contributed by atoms with Crippen LogP contribution in [0.4, 0.5) is 15.2 Å². The van der Waals surface area contributed by atoms with Crippen molar-refractivity contribution in [2.45, 2.75) is 11.8 Å². The summed E-state index contributed by atoms with van der Waals surface area (Å²) in [5, 5.41) is 9.05. The van der Waals surface area contributed by atoms with Gasteiger partial charge in [0.25, 0.3) is 0 Å². The van der Waals surface area contributed by atoms with Gasteiger partial charge in [0.2, 0.25) is 10.0 Å². The Morgan fingerprint density at radius 2 is 1.82 bits per heavy atom. The van der Waals surface area contributed by atoms with E-state index >= 15 is 0 Å². The molecule has 34 heavy (non-hydrogen) atoms. The highest BCUT2D eigenvalue weighted by atomic mass is 32.2. The molecule has 0 aliphatic rings. The summed E-state index contributed by atoms with van der Waals surface area (Å²) in [4.78, 5) is 17.2. The van der Waals surface area contributed by atoms with Crippen LogP contribution in [0.5, 0.6) is 0 Å². The van der Waals surface area contributed by atoms with E-state index in [0.717, 1.165) is 0 Å². The van der Waals surface area contributed by atoms with Gasteiger partial charge in [-0.25, -0.2) is 27.7 Å². The fourth-order valence-corrected chi connectivity index (χ4v) is 5.18. The summed E-state index contributed by atoms with van der Waals surface area (Å²) in [6, 6.07) is 18.9. The van der Waals surface area contributed by atoms with Crippen LogP contribution in [-0.4, -0.2) is 26.0 Å². The predicted molar refractivity (Wildman–Crippen MR) is 130 cm³/mol. The number of hydrogen-bond donors (Lipinski definition) is 2. The molecule has 0 bridgehead atoms. The van der Waals surface area contributed by atoms with Crippen molar-refractivity contribution in [3.05, 3.63) is 84.2 Å². The Morgan fingerprint density at radius 1 is 1.09 bits per heavy atom. The third kappa shape index (κ3) is 5.14. The second kappa shape index (κ2) is 9.72. The highest BCUT2D eigenvalue weighted by Gasteiger charge is 2.22. The number of carbonyl (C=O) groups excluding carboxylic acids is 1. The number of primary sulfonamides is 1. The average Bonchev–Trinajstić information content (AvgIpc) is 3.23. The maximum atomic E-state index is 13.5. The Labute approximate surface area is 200 Å². The molecule has 0 atom stereocenters. The van der Waals surface area contributed by atoms with Crippen molar-refractivity contribution in [1.82, 2.24) is 4.98 Å². The fourth-order valence-electron chi connectivity index (χ4n) is 3.32. The predicted octanol–water partition coefficient (Wildman–Crippen LogP) is 5.18. The number of nitrogens with one attached hydrogen (secondary N) is 1. The first kappa shape index (κ1) is 23.6. The van der Waals surface area contributed by atoms with Crippen LogP contribution in [0.2, 0.25) is 0 Å². The molecule has 0 unspecified atom stereocenters. The van der Waals surface area contributed by atoms with Crippen molar-refractivity contribution in [3.8, 4) is 21.7 Å². The van der Waals surface area contributed by atoms with Gasteiger partial charge in [0.1, 0.15) is 5.82 Å². The molecule has 0 spiro atoms. The Hall–Kier alpha value is -3.60. The molecule has 3 aromatic carbocycles. The largest absolute Gasteiger partial charge is 0.462 e. The van der Waals surface area contributed by atoms with Crippen molar-refractivity contribution in [1.29, 1.82) is 0 Å². The maximum Gasteiger partial charge on any atom is 0.338 e. The molecule has 0 saturated heterocycles. The molecular weight excluding hydrogens is 477 g/mol. The summed E-state index contributed by atoms with van der Waals surface area (Å²) in [6.45, 7) is 1.99. The van der Waals surface area contributed by atoms with E-state index in [1.165, 1.54) is 29.5 Å². The van der Waals surface area contributed by atoms with Crippen molar-refractivity contribution in [2.75, 3.05) is 11.9 Å². The zero-order chi connectivity index (χ0) is 24.3. The second-order valence-corrected chi connectivity index (χ2v) is 9.70. The third-order valence-corrected chi connectivity index (χ3v) is 6.78. The first-order valence-corrected chi connectivity index (χ1v) is 12.6. The van der Waals surface area contributed by atoms with Gasteiger partial charge in [0.15, 0.2) is 5.13 Å². The molecule has 0 aliphatic carbocycles. The number of nitrogens with two attached hydrogens (primary N) is 1. The lowest BCUT2D eigenvalue weighted by Gasteiger charge is -2.07. The molecule has 0 fully saturated rings. The fraction of sp³-hybridized carbons (Fsp3) is 0.0833. The lowest BCUT2D eigenvalue weighted by Crippen LogP contribution is -2.13. The average molecular weight is 498 g/mol. The highest BCUT2D eigenvalue weighted by Crippen LogP contribution is 2.42. The summed E-state index contributed by atoms with van der Waals surface area (Å²) >= 11 is 1.21. The number of esters is 1. The van der Waals surface area contributed by atoms with Gasteiger partial charge < -0.3 is 10.1 Å². The first-order chi connectivity index (χ1) is 16.3. The van der Waals surface area contributed by atoms with Gasteiger partial charge in [-0.2, -0.15) is 0 Å². The van der Waals surface area contributed by atoms with E-state index in [0.29, 0.717) is 38.1 Å². The van der Waals surface area contributed by atoms with Gasteiger partial charge in [-0.3, -0.25) is 0 Å². The van der Waals surface area contributed by atoms with Crippen LogP contribution in [0.25, 0.3) is 21.7 Å². The van der Waals surface area contributed by atoms with E-state index in [-0.39, 0.29) is 11.5 Å². The number of carbonyl (C=O) groups is 1. The van der Waals surface area contributed by atoms with Crippen LogP contribution < -0.4 is 10.5 Å². The molecule has 0 aliphatic heterocycles. The number of rotatable bonds is 7. The van der Waals surface area contributed by atoms with Gasteiger partial charge in [-0.1, -0.05) is 35.6 Å². The minimum Gasteiger partial charge on any atom is -0.462 e. The Balaban J connectivity index is 1.81. The standard InChI is InChI=1S/C24H20FN3O4S2/c1-2-32-23(29)16-6-5-7-18(14-16)27-24-28-21(15-10-12-17(25)13-11-15)22(33-24)19-8-3-4-9-20(19)34(26,30)31/h3-14H,2H2,1H3,(H,27,28)(H2,26,30,31). The highest BCUT2D eigenvalue weighted by molar-refractivity contribution is 7.89. The maximum absolute atomic E-state index is 13.5. The number of thiazole rings is 1. The second-order valence-electron chi connectivity index (χ2n) is 7.17. The molecule has 1 aromatic heterocycles. The minimum atomic E-state index is -4.01. The number of nitrogens with zero attached hydrogens (tertiary/aromatic N) is 1. The molecule has 0 saturated carbocycles. The number of benzene rings is 3. The zero-order valence-corrected chi connectivity index (χ0v) is 19.6. The van der Waals surface area contributed by atoms with E-state index in [1.54, 1.807) is 61.5 Å². The van der Waals surface area contributed by atoms with E-state index < -0.39 is 21.8 Å². The summed E-state index contributed by atoms with van der Waals surface area (Å²) in [5.74, 6) is -0.848. The van der Waals surface area contributed by atoms with Gasteiger partial charge in [-0.15, -0.1) is 0 Å². The van der Waals surface area contributed by atoms with Crippen LogP contribution in [0.3, 0.4) is 0 Å². The van der Waals surface area contributed by atoms with Crippen LogP contribution in [0, 0.1) is 5.82 Å². The van der Waals surface area contributed by atoms with Crippen molar-refractivity contribution >= 4 is 38.1 Å². The molecule has 10 heteroatoms. The van der Waals surface area contributed by atoms with Crippen LogP contribution >= 0.6 is 11.3 Å². The SMILES string of the molecule is CCOC(=O)c1cccc(Nc2nc(-c3ccc(F)cc3)c(-c3ccccc3S(N)(=O)=O)s2)c1. The molecule has 7 nitrogen and oxygen atoms in total. The normalized spacial score (nSPS) is 11.3. The number of anilines is 2. The van der Waals surface area contributed by atoms with Gasteiger partial charge in [0, 0.05) is 16.8 Å². The van der Waals surface area contributed by atoms with E-state index in [9.17, 15) is 17.6 Å². The molecular formula is C24H20FN3O4S2. The number of halogens is 1. The third-order valence-electron chi connectivity index (χ3n) is 4.81. The quantitative estimate of drug-likeness (QED) is 0.340. The van der Waals surface area contributed by atoms with E-state index in [2.05, 4.69) is 10.3 Å². The van der Waals surface area contributed by atoms with Crippen molar-refractivity contribution in [3.63, 3.8) is 0 Å². The zero-order valence-electron chi connectivity index (χ0n) is 18.0. The van der Waals surface area contributed by atoms with Gasteiger partial charge in [0.05, 0.1) is 27.6 Å². The van der Waals surface area contributed by atoms with Crippen LogP contribution in [0.15, 0.2) is 77.7 Å². The molecule has 4 rings (SSSR count). The van der Waals surface area contributed by atoms with Crippen LogP contribution in [0.1, 0.15) is 17.3 Å². The number of sulfonamides is 1. The topological polar surface area (TPSA) is 111 Å². The first-order valence-electron chi connectivity index (χ1n) is 10.2. The number of hydrogen-bond acceptors (Lipinski definition) is 7. The Morgan fingerprint density at radius 3 is 2.53 bits per heavy atom. The minimum absolute atomic E-state index is 0.0436. The Kier molecular flexibility index (Phi) is 6.73. The smallest absolute Gasteiger partial charge is 0.338 e. The van der Waals surface area contributed by atoms with Gasteiger partial charge in [-0.05, 0) is 55.5 Å². The summed E-state index contributed by atoms with van der Waals surface area (Å²) in [5.41, 5.74) is 2.42. The molecule has 4 aromatic rings. The summed E-state index contributed by atoms with van der Waals surface area (Å²) in [7, 11) is -4.01. The molecule has 3 N–H and O–H groups in total. The van der Waals surface area contributed by atoms with Gasteiger partial charge >= 0.3 is 5.97 Å². The lowest BCUT2D eigenvalue weighted by molar-refractivity contribution is 0.0526. The summed E-state index contributed by atoms with van der Waals surface area (Å²) < 4.78 is 43.0. The summed E-state index contributed by atoms with van der Waals surface area (Å²) in [6.07, 6.45) is 0. The monoisotopic (exact) mass is 497 g/mol. The molecule has 174 valence electrons. The number of ether oxygens (including phenoxy) is 1.